The van der Waals surface area contributed by atoms with Crippen molar-refractivity contribution in [3.05, 3.63) is 46.9 Å². The molecule has 2 aliphatic rings. The van der Waals surface area contributed by atoms with Crippen LogP contribution in [0.4, 0.5) is 5.69 Å². The number of carbonyl (C=O) groups is 2. The zero-order valence-electron chi connectivity index (χ0n) is 11.9. The first-order valence-corrected chi connectivity index (χ1v) is 8.21. The normalized spacial score (nSPS) is 23.9. The number of thiophene rings is 1. The minimum absolute atomic E-state index is 0.00770. The van der Waals surface area contributed by atoms with Gasteiger partial charge in [0.05, 0.1) is 11.6 Å². The van der Waals surface area contributed by atoms with E-state index >= 15 is 0 Å². The van der Waals surface area contributed by atoms with Crippen LogP contribution in [0, 0.1) is 11.8 Å². The molecule has 2 saturated heterocycles. The van der Waals surface area contributed by atoms with Crippen LogP contribution < -0.4 is 4.90 Å². The number of nitrogens with zero attached hydrogens (tertiary/aromatic N) is 3. The Hall–Kier alpha value is -2.21. The molecule has 2 atom stereocenters. The van der Waals surface area contributed by atoms with Gasteiger partial charge in [0.2, 0.25) is 5.91 Å². The summed E-state index contributed by atoms with van der Waals surface area (Å²) in [7, 11) is 0. The molecular formula is C16H15N3O2S. The van der Waals surface area contributed by atoms with Crippen molar-refractivity contribution in [1.82, 2.24) is 9.88 Å². The molecule has 0 spiro atoms. The summed E-state index contributed by atoms with van der Waals surface area (Å²) in [6.45, 7) is 1.88. The van der Waals surface area contributed by atoms with E-state index in [9.17, 15) is 9.59 Å². The fourth-order valence-corrected chi connectivity index (χ4v) is 3.99. The van der Waals surface area contributed by atoms with Crippen molar-refractivity contribution in [2.75, 3.05) is 24.5 Å². The van der Waals surface area contributed by atoms with Crippen molar-refractivity contribution in [1.29, 1.82) is 0 Å². The third-order valence-electron chi connectivity index (χ3n) is 4.47. The maximum absolute atomic E-state index is 12.6. The third kappa shape index (κ3) is 2.11. The zero-order chi connectivity index (χ0) is 15.1. The molecule has 0 bridgehead atoms. The van der Waals surface area contributed by atoms with Crippen molar-refractivity contribution in [2.45, 2.75) is 0 Å². The molecule has 4 rings (SSSR count). The number of amides is 2. The van der Waals surface area contributed by atoms with Gasteiger partial charge in [-0.05, 0) is 23.6 Å². The lowest BCUT2D eigenvalue weighted by molar-refractivity contribution is -0.120. The van der Waals surface area contributed by atoms with E-state index in [1.807, 2.05) is 21.7 Å². The molecule has 0 aromatic carbocycles. The van der Waals surface area contributed by atoms with Crippen LogP contribution in [0.5, 0.6) is 0 Å². The Morgan fingerprint density at radius 1 is 1.18 bits per heavy atom. The highest BCUT2D eigenvalue weighted by molar-refractivity contribution is 7.08. The van der Waals surface area contributed by atoms with Crippen molar-refractivity contribution in [2.24, 2.45) is 11.8 Å². The monoisotopic (exact) mass is 313 g/mol. The molecule has 0 saturated carbocycles. The second-order valence-corrected chi connectivity index (χ2v) is 6.52. The van der Waals surface area contributed by atoms with Crippen molar-refractivity contribution in [3.8, 4) is 0 Å². The standard InChI is InChI=1S/C16H15N3O2S/c20-15(11-1-4-17-5-2-11)18-7-12-8-19(13-3-6-22-10-13)16(21)14(12)9-18/h1-6,10,12,14H,7-9H2/t12-,14-/m1/s1. The summed E-state index contributed by atoms with van der Waals surface area (Å²) in [5.41, 5.74) is 1.62. The molecule has 0 N–H and O–H groups in total. The van der Waals surface area contributed by atoms with Crippen LogP contribution in [-0.4, -0.2) is 41.3 Å². The van der Waals surface area contributed by atoms with Crippen LogP contribution in [0.2, 0.25) is 0 Å². The number of rotatable bonds is 2. The van der Waals surface area contributed by atoms with Gasteiger partial charge in [0.25, 0.3) is 5.91 Å². The van der Waals surface area contributed by atoms with E-state index in [0.29, 0.717) is 25.2 Å². The van der Waals surface area contributed by atoms with E-state index in [4.69, 9.17) is 0 Å². The predicted molar refractivity (Wildman–Crippen MR) is 83.8 cm³/mol. The highest BCUT2D eigenvalue weighted by Gasteiger charge is 2.47. The average molecular weight is 313 g/mol. The molecule has 6 heteroatoms. The summed E-state index contributed by atoms with van der Waals surface area (Å²) in [6.07, 6.45) is 3.24. The molecule has 2 aliphatic heterocycles. The number of aromatic nitrogens is 1. The first kappa shape index (κ1) is 13.5. The lowest BCUT2D eigenvalue weighted by Gasteiger charge is -2.21. The van der Waals surface area contributed by atoms with E-state index < -0.39 is 0 Å². The SMILES string of the molecule is O=C(c1ccncc1)N1C[C@@H]2CN(c3ccsc3)C(=O)[C@@H]2C1. The minimum atomic E-state index is -0.0642. The molecular weight excluding hydrogens is 298 g/mol. The van der Waals surface area contributed by atoms with Gasteiger partial charge in [-0.15, -0.1) is 0 Å². The quantitative estimate of drug-likeness (QED) is 0.850. The van der Waals surface area contributed by atoms with Gasteiger partial charge in [-0.2, -0.15) is 11.3 Å². The first-order chi connectivity index (χ1) is 10.7. The number of anilines is 1. The van der Waals surface area contributed by atoms with E-state index in [0.717, 1.165) is 5.69 Å². The summed E-state index contributed by atoms with van der Waals surface area (Å²) >= 11 is 1.59. The predicted octanol–water partition coefficient (Wildman–Crippen LogP) is 1.88. The second-order valence-electron chi connectivity index (χ2n) is 5.74. The van der Waals surface area contributed by atoms with Crippen LogP contribution in [0.25, 0.3) is 0 Å². The second kappa shape index (κ2) is 5.21. The van der Waals surface area contributed by atoms with Crippen LogP contribution >= 0.6 is 11.3 Å². The first-order valence-electron chi connectivity index (χ1n) is 7.27. The van der Waals surface area contributed by atoms with Gasteiger partial charge in [-0.1, -0.05) is 0 Å². The van der Waals surface area contributed by atoms with Gasteiger partial charge in [0, 0.05) is 48.9 Å². The Labute approximate surface area is 132 Å². The Morgan fingerprint density at radius 2 is 2.00 bits per heavy atom. The van der Waals surface area contributed by atoms with Gasteiger partial charge in [0.1, 0.15) is 0 Å². The van der Waals surface area contributed by atoms with E-state index in [1.165, 1.54) is 0 Å². The zero-order valence-corrected chi connectivity index (χ0v) is 12.7. The highest BCUT2D eigenvalue weighted by Crippen LogP contribution is 2.36. The van der Waals surface area contributed by atoms with Gasteiger partial charge in [-0.3, -0.25) is 14.6 Å². The molecule has 2 fully saturated rings. The van der Waals surface area contributed by atoms with E-state index in [-0.39, 0.29) is 23.7 Å². The molecule has 0 aliphatic carbocycles. The number of hydrogen-bond acceptors (Lipinski definition) is 4. The Balaban J connectivity index is 1.49. The Morgan fingerprint density at radius 3 is 2.68 bits per heavy atom. The smallest absolute Gasteiger partial charge is 0.253 e. The maximum Gasteiger partial charge on any atom is 0.253 e. The summed E-state index contributed by atoms with van der Waals surface area (Å²) in [4.78, 5) is 32.6. The summed E-state index contributed by atoms with van der Waals surface area (Å²) in [5.74, 6) is 0.309. The number of hydrogen-bond donors (Lipinski definition) is 0. The molecule has 2 amide bonds. The summed E-state index contributed by atoms with van der Waals surface area (Å²) in [6, 6.07) is 5.41. The molecule has 5 nitrogen and oxygen atoms in total. The third-order valence-corrected chi connectivity index (χ3v) is 5.14. The molecule has 4 heterocycles. The average Bonchev–Trinajstić information content (AvgIpc) is 3.25. The molecule has 2 aromatic rings. The van der Waals surface area contributed by atoms with Gasteiger partial charge < -0.3 is 9.80 Å². The number of carbonyl (C=O) groups excluding carboxylic acids is 2. The van der Waals surface area contributed by atoms with Crippen LogP contribution in [0.1, 0.15) is 10.4 Å². The summed E-state index contributed by atoms with van der Waals surface area (Å²) in [5, 5.41) is 3.98. The fraction of sp³-hybridized carbons (Fsp3) is 0.312. The van der Waals surface area contributed by atoms with Crippen LogP contribution in [0.15, 0.2) is 41.4 Å². The van der Waals surface area contributed by atoms with Crippen LogP contribution in [-0.2, 0) is 4.79 Å². The minimum Gasteiger partial charge on any atom is -0.337 e. The highest BCUT2D eigenvalue weighted by atomic mass is 32.1. The van der Waals surface area contributed by atoms with Crippen molar-refractivity contribution >= 4 is 28.8 Å². The van der Waals surface area contributed by atoms with Gasteiger partial charge in [-0.25, -0.2) is 0 Å². The number of fused-ring (bicyclic) bond motifs is 1. The number of pyridine rings is 1. The molecule has 22 heavy (non-hydrogen) atoms. The molecule has 0 unspecified atom stereocenters. The molecule has 112 valence electrons. The molecule has 2 aromatic heterocycles. The fourth-order valence-electron chi connectivity index (χ4n) is 3.35. The lowest BCUT2D eigenvalue weighted by Crippen LogP contribution is -2.35. The van der Waals surface area contributed by atoms with E-state index in [2.05, 4.69) is 4.98 Å². The van der Waals surface area contributed by atoms with Gasteiger partial charge >= 0.3 is 0 Å². The largest absolute Gasteiger partial charge is 0.337 e. The molecule has 0 radical (unpaired) electrons. The maximum atomic E-state index is 12.6. The lowest BCUT2D eigenvalue weighted by atomic mass is 10.0. The topological polar surface area (TPSA) is 53.5 Å². The summed E-state index contributed by atoms with van der Waals surface area (Å²) < 4.78 is 0. The van der Waals surface area contributed by atoms with E-state index in [1.54, 1.807) is 40.8 Å². The van der Waals surface area contributed by atoms with Crippen molar-refractivity contribution < 1.29 is 9.59 Å². The van der Waals surface area contributed by atoms with Crippen molar-refractivity contribution in [3.63, 3.8) is 0 Å². The number of likely N-dealkylation sites (tertiary alicyclic amines) is 1. The van der Waals surface area contributed by atoms with Crippen LogP contribution in [0.3, 0.4) is 0 Å². The van der Waals surface area contributed by atoms with Gasteiger partial charge in [0.15, 0.2) is 0 Å². The Bertz CT molecular complexity index is 701. The Kier molecular flexibility index (Phi) is 3.18.